The molecule has 0 atom stereocenters. The summed E-state index contributed by atoms with van der Waals surface area (Å²) in [5.74, 6) is -1.21. The van der Waals surface area contributed by atoms with Gasteiger partial charge in [-0.3, -0.25) is 4.72 Å². The highest BCUT2D eigenvalue weighted by Crippen LogP contribution is 2.28. The maximum Gasteiger partial charge on any atom is 0.335 e. The summed E-state index contributed by atoms with van der Waals surface area (Å²) in [6, 6.07) is 8.22. The van der Waals surface area contributed by atoms with Gasteiger partial charge in [0, 0.05) is 5.02 Å². The van der Waals surface area contributed by atoms with Gasteiger partial charge in [-0.1, -0.05) is 29.3 Å². The molecule has 0 radical (unpaired) electrons. The Morgan fingerprint density at radius 3 is 2.45 bits per heavy atom. The van der Waals surface area contributed by atoms with Gasteiger partial charge in [-0.2, -0.15) is 0 Å². The fourth-order valence-corrected chi connectivity index (χ4v) is 3.53. The van der Waals surface area contributed by atoms with Crippen molar-refractivity contribution in [1.82, 2.24) is 0 Å². The van der Waals surface area contributed by atoms with Crippen molar-refractivity contribution in [2.45, 2.75) is 11.8 Å². The van der Waals surface area contributed by atoms with Gasteiger partial charge in [0.1, 0.15) is 0 Å². The smallest absolute Gasteiger partial charge is 0.335 e. The van der Waals surface area contributed by atoms with Crippen LogP contribution >= 0.6 is 23.2 Å². The molecule has 0 fully saturated rings. The van der Waals surface area contributed by atoms with E-state index in [9.17, 15) is 13.2 Å². The van der Waals surface area contributed by atoms with E-state index in [0.717, 1.165) is 6.07 Å². The Kier molecular flexibility index (Phi) is 4.65. The first-order valence-corrected chi connectivity index (χ1v) is 8.26. The highest BCUT2D eigenvalue weighted by Gasteiger charge is 2.20. The number of carboxylic acids is 1. The molecule has 0 amide bonds. The fraction of sp³-hybridized carbons (Fsp3) is 0.0714. The Labute approximate surface area is 137 Å². The average Bonchev–Trinajstić information content (AvgIpc) is 2.42. The van der Waals surface area contributed by atoms with Crippen molar-refractivity contribution in [3.05, 3.63) is 57.6 Å². The molecule has 0 aliphatic rings. The molecular formula is C14H11Cl2NO4S. The van der Waals surface area contributed by atoms with Gasteiger partial charge in [0.15, 0.2) is 0 Å². The Morgan fingerprint density at radius 1 is 1.14 bits per heavy atom. The zero-order valence-corrected chi connectivity index (χ0v) is 13.6. The molecule has 22 heavy (non-hydrogen) atoms. The normalized spacial score (nSPS) is 11.2. The van der Waals surface area contributed by atoms with Crippen molar-refractivity contribution < 1.29 is 18.3 Å². The van der Waals surface area contributed by atoms with E-state index in [1.807, 2.05) is 0 Å². The quantitative estimate of drug-likeness (QED) is 0.869. The van der Waals surface area contributed by atoms with Gasteiger partial charge in [-0.05, 0) is 42.8 Å². The predicted octanol–water partition coefficient (Wildman–Crippen LogP) is 3.80. The third-order valence-corrected chi connectivity index (χ3v) is 4.97. The lowest BCUT2D eigenvalue weighted by Gasteiger charge is -2.12. The van der Waals surface area contributed by atoms with Crippen molar-refractivity contribution in [2.75, 3.05) is 4.72 Å². The molecule has 0 aromatic heterocycles. The molecule has 2 N–H and O–H groups in total. The molecule has 0 unspecified atom stereocenters. The summed E-state index contributed by atoms with van der Waals surface area (Å²) in [5, 5.41) is 9.48. The van der Waals surface area contributed by atoms with E-state index < -0.39 is 16.0 Å². The number of nitrogens with one attached hydrogen (secondary N) is 1. The van der Waals surface area contributed by atoms with E-state index in [1.165, 1.54) is 30.3 Å². The van der Waals surface area contributed by atoms with Crippen LogP contribution in [0.1, 0.15) is 15.9 Å². The van der Waals surface area contributed by atoms with Gasteiger partial charge in [0.25, 0.3) is 10.0 Å². The zero-order chi connectivity index (χ0) is 16.5. The van der Waals surface area contributed by atoms with Crippen molar-refractivity contribution in [2.24, 2.45) is 0 Å². The Balaban J connectivity index is 2.49. The molecule has 2 rings (SSSR count). The second kappa shape index (κ2) is 6.16. The largest absolute Gasteiger partial charge is 0.478 e. The molecule has 0 bridgehead atoms. The molecule has 0 saturated heterocycles. The molecular weight excluding hydrogens is 349 g/mol. The van der Waals surface area contributed by atoms with E-state index in [-0.39, 0.29) is 21.2 Å². The molecule has 0 saturated carbocycles. The molecule has 8 heteroatoms. The van der Waals surface area contributed by atoms with E-state index in [0.29, 0.717) is 10.6 Å². The van der Waals surface area contributed by atoms with Gasteiger partial charge in [0.05, 0.1) is 21.2 Å². The molecule has 0 spiro atoms. The van der Waals surface area contributed by atoms with Crippen LogP contribution in [0.3, 0.4) is 0 Å². The summed E-state index contributed by atoms with van der Waals surface area (Å²) in [6.45, 7) is 1.57. The number of hydrogen-bond donors (Lipinski definition) is 2. The zero-order valence-electron chi connectivity index (χ0n) is 11.3. The van der Waals surface area contributed by atoms with E-state index in [1.54, 1.807) is 6.92 Å². The first-order chi connectivity index (χ1) is 10.2. The highest BCUT2D eigenvalue weighted by molar-refractivity contribution is 7.92. The van der Waals surface area contributed by atoms with Crippen LogP contribution in [0, 0.1) is 6.92 Å². The lowest BCUT2D eigenvalue weighted by atomic mass is 10.1. The number of halogens is 2. The number of aromatic carboxylic acids is 1. The van der Waals surface area contributed by atoms with Crippen LogP contribution in [-0.4, -0.2) is 19.5 Å². The molecule has 0 aliphatic carbocycles. The van der Waals surface area contributed by atoms with E-state index in [4.69, 9.17) is 28.3 Å². The van der Waals surface area contributed by atoms with Crippen LogP contribution in [-0.2, 0) is 10.0 Å². The lowest BCUT2D eigenvalue weighted by Crippen LogP contribution is -2.15. The minimum absolute atomic E-state index is 0.120. The minimum atomic E-state index is -4.00. The second-order valence-electron chi connectivity index (χ2n) is 4.52. The van der Waals surface area contributed by atoms with Crippen molar-refractivity contribution in [3.63, 3.8) is 0 Å². The SMILES string of the molecule is Cc1ccc(C(=O)O)cc1S(=O)(=O)Nc1cc(Cl)ccc1Cl. The van der Waals surface area contributed by atoms with Gasteiger partial charge in [0.2, 0.25) is 0 Å². The number of rotatable bonds is 4. The number of anilines is 1. The van der Waals surface area contributed by atoms with Crippen LogP contribution in [0.15, 0.2) is 41.3 Å². The molecule has 116 valence electrons. The van der Waals surface area contributed by atoms with Crippen molar-refractivity contribution in [1.29, 1.82) is 0 Å². The van der Waals surface area contributed by atoms with Gasteiger partial charge < -0.3 is 5.11 Å². The first-order valence-electron chi connectivity index (χ1n) is 6.02. The number of carbonyl (C=O) groups is 1. The summed E-state index contributed by atoms with van der Waals surface area (Å²) < 4.78 is 27.2. The molecule has 0 aliphatic heterocycles. The van der Waals surface area contributed by atoms with E-state index in [2.05, 4.69) is 4.72 Å². The van der Waals surface area contributed by atoms with Crippen LogP contribution < -0.4 is 4.72 Å². The Bertz CT molecular complexity index is 850. The van der Waals surface area contributed by atoms with Crippen LogP contribution in [0.25, 0.3) is 0 Å². The summed E-state index contributed by atoms with van der Waals surface area (Å²) in [5.41, 5.74) is 0.410. The van der Waals surface area contributed by atoms with Gasteiger partial charge in [-0.15, -0.1) is 0 Å². The first kappa shape index (κ1) is 16.6. The molecule has 5 nitrogen and oxygen atoms in total. The second-order valence-corrected chi connectivity index (χ2v) is 7.01. The van der Waals surface area contributed by atoms with Crippen molar-refractivity contribution >= 4 is 44.9 Å². The maximum atomic E-state index is 12.5. The minimum Gasteiger partial charge on any atom is -0.478 e. The maximum absolute atomic E-state index is 12.5. The lowest BCUT2D eigenvalue weighted by molar-refractivity contribution is 0.0696. The number of benzene rings is 2. The fourth-order valence-electron chi connectivity index (χ4n) is 1.80. The van der Waals surface area contributed by atoms with Crippen LogP contribution in [0.4, 0.5) is 5.69 Å². The molecule has 2 aromatic rings. The number of carboxylic acid groups (broad SMARTS) is 1. The van der Waals surface area contributed by atoms with E-state index >= 15 is 0 Å². The summed E-state index contributed by atoms with van der Waals surface area (Å²) in [4.78, 5) is 10.9. The third-order valence-electron chi connectivity index (χ3n) is 2.90. The number of aryl methyl sites for hydroxylation is 1. The van der Waals surface area contributed by atoms with Gasteiger partial charge >= 0.3 is 5.97 Å². The predicted molar refractivity (Wildman–Crippen MR) is 85.4 cm³/mol. The molecule has 0 heterocycles. The Morgan fingerprint density at radius 2 is 1.82 bits per heavy atom. The average molecular weight is 360 g/mol. The monoisotopic (exact) mass is 359 g/mol. The van der Waals surface area contributed by atoms with Crippen LogP contribution in [0.2, 0.25) is 10.0 Å². The summed E-state index contributed by atoms with van der Waals surface area (Å²) in [6.07, 6.45) is 0. The number of sulfonamides is 1. The highest BCUT2D eigenvalue weighted by atomic mass is 35.5. The summed E-state index contributed by atoms with van der Waals surface area (Å²) in [7, 11) is -4.00. The number of hydrogen-bond acceptors (Lipinski definition) is 3. The van der Waals surface area contributed by atoms with Gasteiger partial charge in [-0.25, -0.2) is 13.2 Å². The topological polar surface area (TPSA) is 83.5 Å². The standard InChI is InChI=1S/C14H11Cl2NO4S/c1-8-2-3-9(14(18)19)6-13(8)22(20,21)17-12-7-10(15)4-5-11(12)16/h2-7,17H,1H3,(H,18,19). The van der Waals surface area contributed by atoms with Crippen molar-refractivity contribution in [3.8, 4) is 0 Å². The molecule has 2 aromatic carbocycles. The van der Waals surface area contributed by atoms with Crippen LogP contribution in [0.5, 0.6) is 0 Å². The summed E-state index contributed by atoms with van der Waals surface area (Å²) >= 11 is 11.8. The third kappa shape index (κ3) is 3.52. The Hall–Kier alpha value is -1.76.